The molecule has 2 aromatic carbocycles. The summed E-state index contributed by atoms with van der Waals surface area (Å²) in [5.41, 5.74) is 4.31. The van der Waals surface area contributed by atoms with Crippen LogP contribution in [0.25, 0.3) is 0 Å². The number of aliphatic imine (C=N–C) groups is 2. The molecule has 0 atom stereocenters. The van der Waals surface area contributed by atoms with Crippen LogP contribution in [-0.4, -0.2) is 29.8 Å². The molecule has 2 rings (SSSR count). The van der Waals surface area contributed by atoms with E-state index in [9.17, 15) is 0 Å². The molecule has 4 heteroatoms. The number of nitrogens with one attached hydrogen (secondary N) is 1. The van der Waals surface area contributed by atoms with Crippen LogP contribution in [-0.2, 0) is 0 Å². The third-order valence-corrected chi connectivity index (χ3v) is 4.07. The normalized spacial score (nSPS) is 12.2. The van der Waals surface area contributed by atoms with Crippen molar-refractivity contribution < 1.29 is 0 Å². The zero-order valence-corrected chi connectivity index (χ0v) is 15.9. The molecule has 0 saturated carbocycles. The first-order valence-corrected chi connectivity index (χ1v) is 8.81. The first-order chi connectivity index (χ1) is 12.0. The topological polar surface area (TPSA) is 40.0 Å². The Morgan fingerprint density at radius 2 is 1.40 bits per heavy atom. The van der Waals surface area contributed by atoms with Crippen LogP contribution in [0.3, 0.4) is 0 Å². The monoisotopic (exact) mass is 336 g/mol. The van der Waals surface area contributed by atoms with Gasteiger partial charge < -0.3 is 10.2 Å². The fraction of sp³-hybridized carbons (Fsp3) is 0.333. The quantitative estimate of drug-likeness (QED) is 0.618. The Kier molecular flexibility index (Phi) is 6.75. The second kappa shape index (κ2) is 9.02. The zero-order chi connectivity index (χ0) is 18.2. The van der Waals surface area contributed by atoms with Gasteiger partial charge in [0.15, 0.2) is 0 Å². The van der Waals surface area contributed by atoms with Crippen LogP contribution in [0.2, 0.25) is 0 Å². The Hall–Kier alpha value is -2.62. The maximum atomic E-state index is 4.74. The molecule has 0 aliphatic rings. The smallest absolute Gasteiger partial charge is 0.229 e. The predicted molar refractivity (Wildman–Crippen MR) is 109 cm³/mol. The molecule has 0 bridgehead atoms. The fourth-order valence-electron chi connectivity index (χ4n) is 2.49. The Morgan fingerprint density at radius 3 is 1.92 bits per heavy atom. The van der Waals surface area contributed by atoms with E-state index < -0.39 is 0 Å². The molecule has 0 saturated heterocycles. The summed E-state index contributed by atoms with van der Waals surface area (Å²) >= 11 is 0. The van der Waals surface area contributed by atoms with Crippen molar-refractivity contribution in [3.05, 3.63) is 59.7 Å². The van der Waals surface area contributed by atoms with Crippen molar-refractivity contribution >= 4 is 23.2 Å². The highest BCUT2D eigenvalue weighted by molar-refractivity contribution is 6.03. The standard InChI is InChI=1S/C21H28N4/c1-6-25(7-2)18(5)22-21(23-19-12-8-16(3)9-13-19)24-20-14-10-17(4)11-15-20/h8-15H,6-7H2,1-5H3,(H,23,24)/b22-18-. The molecule has 0 amide bonds. The first kappa shape index (κ1) is 18.7. The first-order valence-electron chi connectivity index (χ1n) is 8.81. The maximum Gasteiger partial charge on any atom is 0.229 e. The summed E-state index contributed by atoms with van der Waals surface area (Å²) in [6.07, 6.45) is 0. The molecule has 132 valence electrons. The summed E-state index contributed by atoms with van der Waals surface area (Å²) in [5, 5.41) is 3.34. The average Bonchev–Trinajstić information content (AvgIpc) is 2.60. The molecule has 0 unspecified atom stereocenters. The Bertz CT molecular complexity index is 723. The van der Waals surface area contributed by atoms with Gasteiger partial charge >= 0.3 is 0 Å². The molecule has 0 heterocycles. The van der Waals surface area contributed by atoms with E-state index in [0.717, 1.165) is 30.3 Å². The minimum Gasteiger partial charge on any atom is -0.361 e. The minimum atomic E-state index is 0.595. The summed E-state index contributed by atoms with van der Waals surface area (Å²) in [4.78, 5) is 11.6. The van der Waals surface area contributed by atoms with E-state index in [1.807, 2.05) is 31.2 Å². The Morgan fingerprint density at radius 1 is 0.880 bits per heavy atom. The molecule has 0 aliphatic heterocycles. The number of guanidine groups is 1. The lowest BCUT2D eigenvalue weighted by atomic mass is 10.2. The van der Waals surface area contributed by atoms with Gasteiger partial charge in [-0.05, 0) is 58.9 Å². The van der Waals surface area contributed by atoms with Gasteiger partial charge in [0.2, 0.25) is 5.96 Å². The minimum absolute atomic E-state index is 0.595. The van der Waals surface area contributed by atoms with E-state index in [1.54, 1.807) is 0 Å². The number of amidine groups is 1. The van der Waals surface area contributed by atoms with Gasteiger partial charge in [-0.1, -0.05) is 35.4 Å². The predicted octanol–water partition coefficient (Wildman–Crippen LogP) is 5.16. The van der Waals surface area contributed by atoms with Gasteiger partial charge in [-0.2, -0.15) is 0 Å². The molecule has 0 spiro atoms. The molecular formula is C21H28N4. The van der Waals surface area contributed by atoms with Gasteiger partial charge in [-0.25, -0.2) is 9.98 Å². The highest BCUT2D eigenvalue weighted by atomic mass is 15.2. The summed E-state index contributed by atoms with van der Waals surface area (Å²) in [7, 11) is 0. The largest absolute Gasteiger partial charge is 0.361 e. The third-order valence-electron chi connectivity index (χ3n) is 4.07. The fourth-order valence-corrected chi connectivity index (χ4v) is 2.49. The molecule has 4 nitrogen and oxygen atoms in total. The van der Waals surface area contributed by atoms with Gasteiger partial charge in [-0.3, -0.25) is 0 Å². The van der Waals surface area contributed by atoms with Crippen molar-refractivity contribution in [3.63, 3.8) is 0 Å². The summed E-state index contributed by atoms with van der Waals surface area (Å²) in [6, 6.07) is 16.4. The van der Waals surface area contributed by atoms with E-state index in [1.165, 1.54) is 11.1 Å². The number of aryl methyl sites for hydroxylation is 2. The molecule has 1 N–H and O–H groups in total. The van der Waals surface area contributed by atoms with Crippen molar-refractivity contribution in [2.75, 3.05) is 18.4 Å². The van der Waals surface area contributed by atoms with Crippen molar-refractivity contribution in [1.29, 1.82) is 0 Å². The van der Waals surface area contributed by atoms with Crippen molar-refractivity contribution in [3.8, 4) is 0 Å². The second-order valence-electron chi connectivity index (χ2n) is 6.09. The highest BCUT2D eigenvalue weighted by Crippen LogP contribution is 2.15. The maximum absolute atomic E-state index is 4.74. The van der Waals surface area contributed by atoms with Crippen LogP contribution in [0.1, 0.15) is 31.9 Å². The number of anilines is 1. The van der Waals surface area contributed by atoms with Crippen LogP contribution in [0.5, 0.6) is 0 Å². The summed E-state index contributed by atoms with van der Waals surface area (Å²) < 4.78 is 0. The highest BCUT2D eigenvalue weighted by Gasteiger charge is 2.05. The lowest BCUT2D eigenvalue weighted by Crippen LogP contribution is -2.29. The Labute approximate surface area is 151 Å². The van der Waals surface area contributed by atoms with Crippen LogP contribution in [0.4, 0.5) is 11.4 Å². The van der Waals surface area contributed by atoms with Crippen molar-refractivity contribution in [2.45, 2.75) is 34.6 Å². The molecular weight excluding hydrogens is 308 g/mol. The lowest BCUT2D eigenvalue weighted by Gasteiger charge is -2.20. The molecule has 0 fully saturated rings. The van der Waals surface area contributed by atoms with Crippen LogP contribution in [0, 0.1) is 13.8 Å². The van der Waals surface area contributed by atoms with E-state index in [2.05, 4.69) is 62.2 Å². The molecule has 0 aromatic heterocycles. The molecule has 0 aliphatic carbocycles. The summed E-state index contributed by atoms with van der Waals surface area (Å²) in [5.74, 6) is 1.55. The Balaban J connectivity index is 2.34. The van der Waals surface area contributed by atoms with E-state index in [-0.39, 0.29) is 0 Å². The molecule has 0 radical (unpaired) electrons. The number of benzene rings is 2. The summed E-state index contributed by atoms with van der Waals surface area (Å²) in [6.45, 7) is 12.3. The third kappa shape index (κ3) is 5.75. The molecule has 25 heavy (non-hydrogen) atoms. The van der Waals surface area contributed by atoms with Gasteiger partial charge in [0.25, 0.3) is 0 Å². The number of nitrogens with zero attached hydrogens (tertiary/aromatic N) is 3. The zero-order valence-electron chi connectivity index (χ0n) is 15.9. The van der Waals surface area contributed by atoms with E-state index in [4.69, 9.17) is 9.98 Å². The second-order valence-corrected chi connectivity index (χ2v) is 6.09. The van der Waals surface area contributed by atoms with Gasteiger partial charge in [-0.15, -0.1) is 0 Å². The average molecular weight is 336 g/mol. The number of hydrogen-bond acceptors (Lipinski definition) is 1. The molecule has 2 aromatic rings. The van der Waals surface area contributed by atoms with Gasteiger partial charge in [0, 0.05) is 18.8 Å². The van der Waals surface area contributed by atoms with Crippen LogP contribution < -0.4 is 5.32 Å². The van der Waals surface area contributed by atoms with Gasteiger partial charge in [0.1, 0.15) is 5.84 Å². The van der Waals surface area contributed by atoms with E-state index in [0.29, 0.717) is 5.96 Å². The van der Waals surface area contributed by atoms with Gasteiger partial charge in [0.05, 0.1) is 5.69 Å². The van der Waals surface area contributed by atoms with Crippen molar-refractivity contribution in [2.24, 2.45) is 9.98 Å². The van der Waals surface area contributed by atoms with Crippen LogP contribution >= 0.6 is 0 Å². The number of hydrogen-bond donors (Lipinski definition) is 1. The van der Waals surface area contributed by atoms with E-state index >= 15 is 0 Å². The lowest BCUT2D eigenvalue weighted by molar-refractivity contribution is 0.463. The van der Waals surface area contributed by atoms with Crippen molar-refractivity contribution in [1.82, 2.24) is 4.90 Å². The van der Waals surface area contributed by atoms with Crippen LogP contribution in [0.15, 0.2) is 58.5 Å². The number of rotatable bonds is 4. The SMILES string of the molecule is CCN(CC)/C(C)=N\C(=Nc1ccc(C)cc1)Nc1ccc(C)cc1.